The predicted molar refractivity (Wildman–Crippen MR) is 60.1 cm³/mol. The van der Waals surface area contributed by atoms with Gasteiger partial charge in [-0.25, -0.2) is 4.79 Å². The van der Waals surface area contributed by atoms with Crippen LogP contribution in [0.5, 0.6) is 0 Å². The molecule has 86 valence electrons. The molecule has 1 atom stereocenters. The SMILES string of the molecule is CCOC(=O)C(O)c1cccc2c1CCC2. The van der Waals surface area contributed by atoms with Crippen LogP contribution < -0.4 is 0 Å². The van der Waals surface area contributed by atoms with E-state index in [9.17, 15) is 9.90 Å². The second-order valence-electron chi connectivity index (χ2n) is 3.99. The van der Waals surface area contributed by atoms with Gasteiger partial charge in [0.05, 0.1) is 6.61 Å². The van der Waals surface area contributed by atoms with Crippen molar-refractivity contribution >= 4 is 5.97 Å². The minimum Gasteiger partial charge on any atom is -0.464 e. The zero-order valence-corrected chi connectivity index (χ0v) is 9.40. The van der Waals surface area contributed by atoms with Gasteiger partial charge in [0.2, 0.25) is 0 Å². The molecule has 0 fully saturated rings. The summed E-state index contributed by atoms with van der Waals surface area (Å²) in [4.78, 5) is 11.5. The van der Waals surface area contributed by atoms with E-state index in [1.54, 1.807) is 6.92 Å². The monoisotopic (exact) mass is 220 g/mol. The molecular weight excluding hydrogens is 204 g/mol. The lowest BCUT2D eigenvalue weighted by Crippen LogP contribution is -2.16. The van der Waals surface area contributed by atoms with E-state index in [-0.39, 0.29) is 0 Å². The summed E-state index contributed by atoms with van der Waals surface area (Å²) in [7, 11) is 0. The van der Waals surface area contributed by atoms with E-state index in [0.717, 1.165) is 24.8 Å². The minimum atomic E-state index is -1.13. The summed E-state index contributed by atoms with van der Waals surface area (Å²) in [5, 5.41) is 9.91. The Morgan fingerprint density at radius 3 is 3.06 bits per heavy atom. The number of esters is 1. The molecule has 0 heterocycles. The molecule has 3 heteroatoms. The van der Waals surface area contributed by atoms with Gasteiger partial charge >= 0.3 is 5.97 Å². The Morgan fingerprint density at radius 1 is 1.50 bits per heavy atom. The predicted octanol–water partition coefficient (Wildman–Crippen LogP) is 1.77. The van der Waals surface area contributed by atoms with Crippen molar-refractivity contribution in [1.82, 2.24) is 0 Å². The number of aliphatic hydroxyl groups is 1. The lowest BCUT2D eigenvalue weighted by atomic mass is 9.99. The third-order valence-electron chi connectivity index (χ3n) is 2.99. The molecule has 0 radical (unpaired) electrons. The smallest absolute Gasteiger partial charge is 0.339 e. The number of ether oxygens (including phenoxy) is 1. The second kappa shape index (κ2) is 4.66. The molecule has 3 nitrogen and oxygen atoms in total. The molecule has 0 amide bonds. The van der Waals surface area contributed by atoms with Gasteiger partial charge in [-0.2, -0.15) is 0 Å². The van der Waals surface area contributed by atoms with Crippen molar-refractivity contribution < 1.29 is 14.6 Å². The zero-order valence-electron chi connectivity index (χ0n) is 9.40. The van der Waals surface area contributed by atoms with E-state index in [2.05, 4.69) is 6.07 Å². The highest BCUT2D eigenvalue weighted by Crippen LogP contribution is 2.29. The zero-order chi connectivity index (χ0) is 11.5. The molecular formula is C13H16O3. The highest BCUT2D eigenvalue weighted by Gasteiger charge is 2.24. The fourth-order valence-corrected chi connectivity index (χ4v) is 2.25. The Hall–Kier alpha value is -1.35. The molecule has 1 aliphatic rings. The number of aryl methyl sites for hydroxylation is 1. The van der Waals surface area contributed by atoms with Crippen LogP contribution in [-0.4, -0.2) is 17.7 Å². The number of fused-ring (bicyclic) bond motifs is 1. The third-order valence-corrected chi connectivity index (χ3v) is 2.99. The summed E-state index contributed by atoms with van der Waals surface area (Å²) in [6.45, 7) is 2.03. The molecule has 0 bridgehead atoms. The fraction of sp³-hybridized carbons (Fsp3) is 0.462. The van der Waals surface area contributed by atoms with Crippen molar-refractivity contribution in [2.24, 2.45) is 0 Å². The lowest BCUT2D eigenvalue weighted by Gasteiger charge is -2.13. The lowest BCUT2D eigenvalue weighted by molar-refractivity contribution is -0.153. The number of carbonyl (C=O) groups excluding carboxylic acids is 1. The highest BCUT2D eigenvalue weighted by molar-refractivity contribution is 5.77. The molecule has 0 aliphatic heterocycles. The maximum atomic E-state index is 11.5. The average molecular weight is 220 g/mol. The van der Waals surface area contributed by atoms with Gasteiger partial charge in [-0.05, 0) is 42.9 Å². The van der Waals surface area contributed by atoms with Crippen LogP contribution in [0.4, 0.5) is 0 Å². The fourth-order valence-electron chi connectivity index (χ4n) is 2.25. The van der Waals surface area contributed by atoms with Crippen molar-refractivity contribution in [3.63, 3.8) is 0 Å². The molecule has 1 aromatic carbocycles. The van der Waals surface area contributed by atoms with Crippen LogP contribution in [0.3, 0.4) is 0 Å². The van der Waals surface area contributed by atoms with Crippen molar-refractivity contribution in [3.05, 3.63) is 34.9 Å². The van der Waals surface area contributed by atoms with Gasteiger partial charge in [0.25, 0.3) is 0 Å². The van der Waals surface area contributed by atoms with Gasteiger partial charge < -0.3 is 9.84 Å². The van der Waals surface area contributed by atoms with Gasteiger partial charge in [0.15, 0.2) is 6.10 Å². The molecule has 1 N–H and O–H groups in total. The number of benzene rings is 1. The Labute approximate surface area is 95.0 Å². The topological polar surface area (TPSA) is 46.5 Å². The summed E-state index contributed by atoms with van der Waals surface area (Å²) in [6.07, 6.45) is 1.95. The first-order valence-electron chi connectivity index (χ1n) is 5.69. The quantitative estimate of drug-likeness (QED) is 0.790. The Kier molecular flexibility index (Phi) is 3.25. The van der Waals surface area contributed by atoms with E-state index in [1.807, 2.05) is 12.1 Å². The van der Waals surface area contributed by atoms with Crippen molar-refractivity contribution in [1.29, 1.82) is 0 Å². The van der Waals surface area contributed by atoms with E-state index in [4.69, 9.17) is 4.74 Å². The third kappa shape index (κ3) is 1.95. The molecule has 2 rings (SSSR count). The number of aliphatic hydroxyl groups excluding tert-OH is 1. The molecule has 0 spiro atoms. The minimum absolute atomic E-state index is 0.297. The molecule has 16 heavy (non-hydrogen) atoms. The molecule has 0 saturated carbocycles. The molecule has 0 aromatic heterocycles. The van der Waals surface area contributed by atoms with E-state index in [1.165, 1.54) is 5.56 Å². The highest BCUT2D eigenvalue weighted by atomic mass is 16.5. The molecule has 1 aliphatic carbocycles. The van der Waals surface area contributed by atoms with Crippen LogP contribution in [0.2, 0.25) is 0 Å². The van der Waals surface area contributed by atoms with Crippen LogP contribution in [0.25, 0.3) is 0 Å². The van der Waals surface area contributed by atoms with Crippen LogP contribution in [0.15, 0.2) is 18.2 Å². The van der Waals surface area contributed by atoms with Crippen molar-refractivity contribution in [2.45, 2.75) is 32.3 Å². The number of hydrogen-bond donors (Lipinski definition) is 1. The van der Waals surface area contributed by atoms with Crippen LogP contribution in [0.1, 0.15) is 36.1 Å². The van der Waals surface area contributed by atoms with E-state index >= 15 is 0 Å². The molecule has 0 saturated heterocycles. The van der Waals surface area contributed by atoms with Gasteiger partial charge in [-0.1, -0.05) is 18.2 Å². The average Bonchev–Trinajstić information content (AvgIpc) is 2.76. The van der Waals surface area contributed by atoms with Gasteiger partial charge in [-0.15, -0.1) is 0 Å². The van der Waals surface area contributed by atoms with Gasteiger partial charge in [0.1, 0.15) is 0 Å². The summed E-state index contributed by atoms with van der Waals surface area (Å²) < 4.78 is 4.83. The Morgan fingerprint density at radius 2 is 2.31 bits per heavy atom. The maximum absolute atomic E-state index is 11.5. The summed E-state index contributed by atoms with van der Waals surface area (Å²) in [6, 6.07) is 5.76. The van der Waals surface area contributed by atoms with Gasteiger partial charge in [0, 0.05) is 0 Å². The Balaban J connectivity index is 2.27. The number of rotatable bonds is 3. The normalized spacial score (nSPS) is 15.6. The van der Waals surface area contributed by atoms with Crippen LogP contribution in [0, 0.1) is 0 Å². The van der Waals surface area contributed by atoms with Crippen molar-refractivity contribution in [2.75, 3.05) is 6.61 Å². The van der Waals surface area contributed by atoms with E-state index < -0.39 is 12.1 Å². The van der Waals surface area contributed by atoms with Gasteiger partial charge in [-0.3, -0.25) is 0 Å². The first kappa shape index (κ1) is 11.1. The van der Waals surface area contributed by atoms with E-state index in [0.29, 0.717) is 12.2 Å². The molecule has 1 unspecified atom stereocenters. The number of carbonyl (C=O) groups is 1. The summed E-state index contributed by atoms with van der Waals surface area (Å²) >= 11 is 0. The second-order valence-corrected chi connectivity index (χ2v) is 3.99. The first-order chi connectivity index (χ1) is 7.74. The maximum Gasteiger partial charge on any atom is 0.339 e. The number of hydrogen-bond acceptors (Lipinski definition) is 3. The Bertz CT molecular complexity index is 398. The van der Waals surface area contributed by atoms with Crippen LogP contribution in [-0.2, 0) is 22.4 Å². The molecule has 1 aromatic rings. The van der Waals surface area contributed by atoms with Crippen LogP contribution >= 0.6 is 0 Å². The summed E-state index contributed by atoms with van der Waals surface area (Å²) in [5.74, 6) is -0.553. The summed E-state index contributed by atoms with van der Waals surface area (Å²) in [5.41, 5.74) is 3.09. The standard InChI is InChI=1S/C13H16O3/c1-2-16-13(15)12(14)11-8-4-6-9-5-3-7-10(9)11/h4,6,8,12,14H,2-3,5,7H2,1H3. The largest absolute Gasteiger partial charge is 0.464 e. The van der Waals surface area contributed by atoms with Crippen molar-refractivity contribution in [3.8, 4) is 0 Å². The first-order valence-corrected chi connectivity index (χ1v) is 5.69.